The normalized spacial score (nSPS) is 21.8. The number of azo groups is 1. The Kier molecular flexibility index (Phi) is 4.56. The van der Waals surface area contributed by atoms with E-state index in [1.54, 1.807) is 6.07 Å². The van der Waals surface area contributed by atoms with Gasteiger partial charge in [-0.05, 0) is 49.2 Å². The van der Waals surface area contributed by atoms with Gasteiger partial charge in [-0.25, -0.2) is 4.39 Å². The van der Waals surface area contributed by atoms with E-state index in [1.807, 2.05) is 0 Å². The van der Waals surface area contributed by atoms with Crippen molar-refractivity contribution in [3.8, 4) is 5.88 Å². The highest BCUT2D eigenvalue weighted by atomic mass is 32.1. The number of H-pyrrole nitrogens is 1. The molecule has 1 aromatic carbocycles. The van der Waals surface area contributed by atoms with Crippen molar-refractivity contribution in [1.29, 1.82) is 0 Å². The lowest BCUT2D eigenvalue weighted by Gasteiger charge is -2.29. The van der Waals surface area contributed by atoms with E-state index < -0.39 is 5.82 Å². The van der Waals surface area contributed by atoms with Crippen LogP contribution in [0.3, 0.4) is 0 Å². The van der Waals surface area contributed by atoms with Gasteiger partial charge >= 0.3 is 0 Å². The van der Waals surface area contributed by atoms with Gasteiger partial charge in [-0.3, -0.25) is 0 Å². The van der Waals surface area contributed by atoms with E-state index in [0.29, 0.717) is 22.9 Å². The molecule has 5 nitrogen and oxygen atoms in total. The molecule has 3 rings (SSSR count). The molecule has 7 heteroatoms. The van der Waals surface area contributed by atoms with E-state index >= 15 is 0 Å². The van der Waals surface area contributed by atoms with E-state index in [0.717, 1.165) is 6.42 Å². The predicted molar refractivity (Wildman–Crippen MR) is 91.6 cm³/mol. The van der Waals surface area contributed by atoms with Crippen LogP contribution in [-0.2, 0) is 0 Å². The Labute approximate surface area is 139 Å². The fourth-order valence-electron chi connectivity index (χ4n) is 3.05. The average Bonchev–Trinajstić information content (AvgIpc) is 2.82. The standard InChI is InChI=1S/C16H19FN4OS/c1-9-4-2-3-5-12(9)19-16(23)21-20-14-11-8-10(17)6-7-13(11)18-15(14)22/h6-9,12,18,22H,2-5H2,1H3,(H,19,23)/t9-,12-/m0/s1. The molecule has 1 aromatic heterocycles. The molecule has 0 radical (unpaired) electrons. The molecule has 1 saturated carbocycles. The van der Waals surface area contributed by atoms with Crippen LogP contribution in [0.25, 0.3) is 10.9 Å². The van der Waals surface area contributed by atoms with E-state index in [9.17, 15) is 9.50 Å². The summed E-state index contributed by atoms with van der Waals surface area (Å²) < 4.78 is 13.4. The Balaban J connectivity index is 1.75. The third-order valence-electron chi connectivity index (χ3n) is 4.38. The zero-order valence-corrected chi connectivity index (χ0v) is 13.7. The maximum atomic E-state index is 13.4. The van der Waals surface area contributed by atoms with Crippen molar-refractivity contribution < 1.29 is 9.50 Å². The number of aromatic nitrogens is 1. The number of aromatic hydroxyl groups is 1. The molecule has 3 N–H and O–H groups in total. The lowest BCUT2D eigenvalue weighted by molar-refractivity contribution is 0.309. The molecule has 122 valence electrons. The number of halogens is 1. The predicted octanol–water partition coefficient (Wildman–Crippen LogP) is 4.55. The molecule has 0 saturated heterocycles. The zero-order valence-electron chi connectivity index (χ0n) is 12.8. The van der Waals surface area contributed by atoms with Crippen LogP contribution in [0.2, 0.25) is 0 Å². The largest absolute Gasteiger partial charge is 0.493 e. The van der Waals surface area contributed by atoms with Crippen LogP contribution in [0, 0.1) is 11.7 Å². The van der Waals surface area contributed by atoms with E-state index in [1.165, 1.54) is 31.4 Å². The van der Waals surface area contributed by atoms with E-state index in [4.69, 9.17) is 12.2 Å². The summed E-state index contributed by atoms with van der Waals surface area (Å²) in [7, 11) is 0. The molecule has 23 heavy (non-hydrogen) atoms. The van der Waals surface area contributed by atoms with Crippen molar-refractivity contribution in [3.05, 3.63) is 24.0 Å². The van der Waals surface area contributed by atoms with Gasteiger partial charge in [0.1, 0.15) is 5.82 Å². The van der Waals surface area contributed by atoms with Gasteiger partial charge in [0.25, 0.3) is 0 Å². The van der Waals surface area contributed by atoms with Crippen LogP contribution >= 0.6 is 12.2 Å². The first-order valence-electron chi connectivity index (χ1n) is 7.77. The lowest BCUT2D eigenvalue weighted by atomic mass is 9.86. The average molecular weight is 334 g/mol. The van der Waals surface area contributed by atoms with Gasteiger partial charge in [0.05, 0.1) is 5.52 Å². The Morgan fingerprint density at radius 3 is 2.96 bits per heavy atom. The lowest BCUT2D eigenvalue weighted by Crippen LogP contribution is -2.39. The summed E-state index contributed by atoms with van der Waals surface area (Å²) in [6.07, 6.45) is 4.69. The van der Waals surface area contributed by atoms with Crippen molar-refractivity contribution in [1.82, 2.24) is 10.3 Å². The molecule has 2 aromatic rings. The van der Waals surface area contributed by atoms with Crippen molar-refractivity contribution in [2.24, 2.45) is 16.1 Å². The minimum absolute atomic E-state index is 0.150. The van der Waals surface area contributed by atoms with Gasteiger partial charge in [0.2, 0.25) is 11.0 Å². The smallest absolute Gasteiger partial charge is 0.218 e. The highest BCUT2D eigenvalue weighted by Gasteiger charge is 2.21. The SMILES string of the molecule is C[C@H]1CCCC[C@@H]1NC(=S)N=Nc1c(O)[nH]c2ccc(F)cc12. The molecule has 0 aliphatic heterocycles. The number of nitrogens with zero attached hydrogens (tertiary/aromatic N) is 2. The summed E-state index contributed by atoms with van der Waals surface area (Å²) in [5.74, 6) is 0.000328. The molecule has 1 fully saturated rings. The summed E-state index contributed by atoms with van der Waals surface area (Å²) in [6.45, 7) is 2.20. The fourth-order valence-corrected chi connectivity index (χ4v) is 3.24. The second-order valence-corrected chi connectivity index (χ2v) is 6.42. The summed E-state index contributed by atoms with van der Waals surface area (Å²) in [5, 5.41) is 21.9. The second-order valence-electron chi connectivity index (χ2n) is 6.03. The maximum Gasteiger partial charge on any atom is 0.218 e. The quantitative estimate of drug-likeness (QED) is 0.557. The first-order chi connectivity index (χ1) is 11.0. The summed E-state index contributed by atoms with van der Waals surface area (Å²) in [5.41, 5.74) is 0.790. The monoisotopic (exact) mass is 334 g/mol. The third kappa shape index (κ3) is 3.50. The molecular formula is C16H19FN4OS. The number of hydrogen-bond donors (Lipinski definition) is 3. The number of hydrogen-bond acceptors (Lipinski definition) is 3. The molecule has 0 amide bonds. The fraction of sp³-hybridized carbons (Fsp3) is 0.438. The van der Waals surface area contributed by atoms with Crippen LogP contribution < -0.4 is 5.32 Å². The van der Waals surface area contributed by atoms with Crippen LogP contribution in [0.15, 0.2) is 28.4 Å². The minimum atomic E-state index is -0.398. The van der Waals surface area contributed by atoms with E-state index in [2.05, 4.69) is 27.5 Å². The number of thiocarbonyl (C=S) groups is 1. The van der Waals surface area contributed by atoms with Crippen molar-refractivity contribution >= 4 is 33.9 Å². The Morgan fingerprint density at radius 2 is 2.17 bits per heavy atom. The van der Waals surface area contributed by atoms with Gasteiger partial charge < -0.3 is 15.4 Å². The molecule has 0 unspecified atom stereocenters. The number of fused-ring (bicyclic) bond motifs is 1. The van der Waals surface area contributed by atoms with Crippen molar-refractivity contribution in [3.63, 3.8) is 0 Å². The van der Waals surface area contributed by atoms with Gasteiger partial charge in [-0.1, -0.05) is 19.8 Å². The number of nitrogens with one attached hydrogen (secondary N) is 2. The molecular weight excluding hydrogens is 315 g/mol. The first-order valence-corrected chi connectivity index (χ1v) is 8.18. The molecule has 2 atom stereocenters. The second kappa shape index (κ2) is 6.62. The third-order valence-corrected chi connectivity index (χ3v) is 4.57. The molecule has 1 aliphatic rings. The van der Waals surface area contributed by atoms with Gasteiger partial charge in [0.15, 0.2) is 5.69 Å². The highest BCUT2D eigenvalue weighted by Crippen LogP contribution is 2.35. The Hall–Kier alpha value is -2.02. The summed E-state index contributed by atoms with van der Waals surface area (Å²) >= 11 is 5.22. The van der Waals surface area contributed by atoms with E-state index in [-0.39, 0.29) is 16.7 Å². The Morgan fingerprint density at radius 1 is 1.39 bits per heavy atom. The van der Waals surface area contributed by atoms with Crippen molar-refractivity contribution in [2.45, 2.75) is 38.6 Å². The van der Waals surface area contributed by atoms with Crippen molar-refractivity contribution in [2.75, 3.05) is 0 Å². The number of rotatable bonds is 2. The van der Waals surface area contributed by atoms with Crippen LogP contribution in [0.5, 0.6) is 5.88 Å². The van der Waals surface area contributed by atoms with Gasteiger partial charge in [0, 0.05) is 11.4 Å². The molecule has 1 heterocycles. The molecule has 0 spiro atoms. The topological polar surface area (TPSA) is 72.8 Å². The van der Waals surface area contributed by atoms with Gasteiger partial charge in [-0.2, -0.15) is 0 Å². The van der Waals surface area contributed by atoms with Crippen LogP contribution in [0.1, 0.15) is 32.6 Å². The summed E-state index contributed by atoms with van der Waals surface area (Å²) in [4.78, 5) is 2.74. The number of aromatic amines is 1. The zero-order chi connectivity index (χ0) is 16.4. The minimum Gasteiger partial charge on any atom is -0.493 e. The summed E-state index contributed by atoms with van der Waals surface area (Å²) in [6, 6.07) is 4.48. The molecule has 1 aliphatic carbocycles. The molecule has 0 bridgehead atoms. The van der Waals surface area contributed by atoms with Crippen LogP contribution in [-0.4, -0.2) is 21.2 Å². The number of benzene rings is 1. The highest BCUT2D eigenvalue weighted by molar-refractivity contribution is 7.80. The first kappa shape index (κ1) is 15.9. The Bertz CT molecular complexity index is 758. The van der Waals surface area contributed by atoms with Gasteiger partial charge in [-0.15, -0.1) is 10.2 Å². The maximum absolute atomic E-state index is 13.4. The van der Waals surface area contributed by atoms with Crippen LogP contribution in [0.4, 0.5) is 10.1 Å².